The zero-order valence-electron chi connectivity index (χ0n) is 42.1. The Morgan fingerprint density at radius 2 is 0.619 bits per heavy atom. The maximum atomic E-state index is 12.8. The van der Waals surface area contributed by atoms with E-state index in [-0.39, 0.29) is 31.1 Å². The van der Waals surface area contributed by atoms with Gasteiger partial charge in [-0.1, -0.05) is 263 Å². The van der Waals surface area contributed by atoms with E-state index >= 15 is 0 Å². The van der Waals surface area contributed by atoms with Crippen LogP contribution < -0.4 is 0 Å². The van der Waals surface area contributed by atoms with E-state index in [0.29, 0.717) is 25.7 Å². The number of hydrogen-bond donors (Lipinski definition) is 0. The van der Waals surface area contributed by atoms with E-state index in [9.17, 15) is 14.4 Å². The third-order valence-electron chi connectivity index (χ3n) is 12.2. The Bertz CT molecular complexity index is 1060. The number of carbonyl (C=O) groups is 3. The average Bonchev–Trinajstić information content (AvgIpc) is 3.28. The lowest BCUT2D eigenvalue weighted by Crippen LogP contribution is -2.30. The molecule has 368 valence electrons. The molecule has 0 aliphatic carbocycles. The summed E-state index contributed by atoms with van der Waals surface area (Å²) in [4.78, 5) is 38.0. The van der Waals surface area contributed by atoms with Crippen molar-refractivity contribution in [3.05, 3.63) is 36.5 Å². The predicted molar refractivity (Wildman–Crippen MR) is 270 cm³/mol. The Balaban J connectivity index is 4.30. The van der Waals surface area contributed by atoms with Crippen molar-refractivity contribution in [1.82, 2.24) is 0 Å². The smallest absolute Gasteiger partial charge is 0.306 e. The average molecular weight is 885 g/mol. The summed E-state index contributed by atoms with van der Waals surface area (Å²) in [6, 6.07) is 0. The van der Waals surface area contributed by atoms with E-state index in [4.69, 9.17) is 14.2 Å². The van der Waals surface area contributed by atoms with Gasteiger partial charge >= 0.3 is 17.9 Å². The van der Waals surface area contributed by atoms with Crippen LogP contribution in [0.1, 0.15) is 290 Å². The molecule has 6 nitrogen and oxygen atoms in total. The van der Waals surface area contributed by atoms with Crippen LogP contribution in [0.4, 0.5) is 0 Å². The molecule has 0 saturated carbocycles. The molecule has 1 unspecified atom stereocenters. The van der Waals surface area contributed by atoms with Crippen LogP contribution in [0.15, 0.2) is 36.5 Å². The number of esters is 3. The van der Waals surface area contributed by atoms with Crippen LogP contribution in [-0.2, 0) is 28.6 Å². The van der Waals surface area contributed by atoms with E-state index < -0.39 is 6.10 Å². The summed E-state index contributed by atoms with van der Waals surface area (Å²) < 4.78 is 16.8. The highest BCUT2D eigenvalue weighted by molar-refractivity contribution is 5.71. The fraction of sp³-hybridized carbons (Fsp3) is 0.842. The normalized spacial score (nSPS) is 12.2. The molecule has 0 aromatic carbocycles. The lowest BCUT2D eigenvalue weighted by atomic mass is 10.0. The maximum absolute atomic E-state index is 12.8. The molecule has 0 amide bonds. The minimum atomic E-state index is -0.786. The first-order valence-corrected chi connectivity index (χ1v) is 27.5. The molecule has 0 heterocycles. The lowest BCUT2D eigenvalue weighted by molar-refractivity contribution is -0.167. The summed E-state index contributed by atoms with van der Waals surface area (Å²) >= 11 is 0. The van der Waals surface area contributed by atoms with Crippen LogP contribution in [0.2, 0.25) is 0 Å². The highest BCUT2D eigenvalue weighted by Gasteiger charge is 2.19. The van der Waals surface area contributed by atoms with Gasteiger partial charge in [0, 0.05) is 19.3 Å². The highest BCUT2D eigenvalue weighted by Crippen LogP contribution is 2.17. The molecule has 0 aromatic rings. The predicted octanol–water partition coefficient (Wildman–Crippen LogP) is 18.1. The van der Waals surface area contributed by atoms with Crippen LogP contribution in [0.5, 0.6) is 0 Å². The van der Waals surface area contributed by atoms with Gasteiger partial charge in [0.1, 0.15) is 13.2 Å². The molecule has 1 atom stereocenters. The molecule has 0 fully saturated rings. The monoisotopic (exact) mass is 885 g/mol. The fourth-order valence-corrected chi connectivity index (χ4v) is 8.06. The summed E-state index contributed by atoms with van der Waals surface area (Å²) in [5, 5.41) is 0. The lowest BCUT2D eigenvalue weighted by Gasteiger charge is -2.18. The fourth-order valence-electron chi connectivity index (χ4n) is 8.06. The van der Waals surface area contributed by atoms with Gasteiger partial charge in [-0.15, -0.1) is 0 Å². The molecule has 6 heteroatoms. The van der Waals surface area contributed by atoms with Crippen molar-refractivity contribution in [3.63, 3.8) is 0 Å². The Morgan fingerprint density at radius 1 is 0.333 bits per heavy atom. The van der Waals surface area contributed by atoms with E-state index in [0.717, 1.165) is 64.2 Å². The van der Waals surface area contributed by atoms with Crippen molar-refractivity contribution < 1.29 is 28.6 Å². The van der Waals surface area contributed by atoms with Gasteiger partial charge in [0.25, 0.3) is 0 Å². The van der Waals surface area contributed by atoms with Gasteiger partial charge in [-0.05, 0) is 44.9 Å². The molecular formula is C57H104O6. The topological polar surface area (TPSA) is 78.9 Å². The molecule has 0 rings (SSSR count). The standard InChI is InChI=1S/C57H104O6/c1-4-7-10-13-16-19-22-24-26-27-28-29-31-32-35-38-41-44-47-50-56(59)62-53-54(52-61-55(58)49-46-43-40-37-34-21-18-15-12-9-6-3)63-57(60)51-48-45-42-39-36-33-30-25-23-20-17-14-11-8-5-2/h9,12,18,21,37,40,54H,4-8,10-11,13-17,19-20,22-36,38-39,41-53H2,1-3H3/b12-9-,21-18-,40-37-. The summed E-state index contributed by atoms with van der Waals surface area (Å²) in [7, 11) is 0. The molecule has 0 bridgehead atoms. The SMILES string of the molecule is CC/C=C\C/C=C\C/C=C\CCCC(=O)OCC(COC(=O)CCCCCCCCCCCCCCCCCCCCC)OC(=O)CCCCCCCCCCCCCCCCC. The number of ether oxygens (including phenoxy) is 3. The van der Waals surface area contributed by atoms with Crippen molar-refractivity contribution in [2.45, 2.75) is 297 Å². The van der Waals surface area contributed by atoms with Gasteiger partial charge in [0.2, 0.25) is 0 Å². The maximum Gasteiger partial charge on any atom is 0.306 e. The minimum absolute atomic E-state index is 0.0830. The summed E-state index contributed by atoms with van der Waals surface area (Å²) in [5.41, 5.74) is 0. The van der Waals surface area contributed by atoms with Crippen LogP contribution in [-0.4, -0.2) is 37.2 Å². The Morgan fingerprint density at radius 3 is 0.968 bits per heavy atom. The molecule has 0 spiro atoms. The van der Waals surface area contributed by atoms with Gasteiger partial charge in [0.05, 0.1) is 0 Å². The number of carbonyl (C=O) groups excluding carboxylic acids is 3. The van der Waals surface area contributed by atoms with Crippen molar-refractivity contribution in [2.24, 2.45) is 0 Å². The van der Waals surface area contributed by atoms with Crippen molar-refractivity contribution in [2.75, 3.05) is 13.2 Å². The third kappa shape index (κ3) is 50.5. The Kier molecular flexibility index (Phi) is 50.3. The van der Waals surface area contributed by atoms with Gasteiger partial charge < -0.3 is 14.2 Å². The van der Waals surface area contributed by atoms with Gasteiger partial charge in [-0.25, -0.2) is 0 Å². The van der Waals surface area contributed by atoms with Gasteiger partial charge in [-0.3, -0.25) is 14.4 Å². The summed E-state index contributed by atoms with van der Waals surface area (Å²) in [6.07, 6.45) is 61.5. The molecule has 0 aliphatic rings. The second-order valence-corrected chi connectivity index (χ2v) is 18.5. The molecule has 0 aliphatic heterocycles. The van der Waals surface area contributed by atoms with Gasteiger partial charge in [-0.2, -0.15) is 0 Å². The first-order chi connectivity index (χ1) is 31.0. The quantitative estimate of drug-likeness (QED) is 0.0262. The number of unbranched alkanes of at least 4 members (excludes halogenated alkanes) is 33. The molecule has 0 N–H and O–H groups in total. The molecule has 0 radical (unpaired) electrons. The van der Waals surface area contributed by atoms with E-state index in [1.54, 1.807) is 0 Å². The van der Waals surface area contributed by atoms with Crippen LogP contribution in [0.25, 0.3) is 0 Å². The van der Waals surface area contributed by atoms with Crippen LogP contribution in [0, 0.1) is 0 Å². The van der Waals surface area contributed by atoms with E-state index in [1.165, 1.54) is 180 Å². The van der Waals surface area contributed by atoms with Crippen LogP contribution in [0.3, 0.4) is 0 Å². The molecular weight excluding hydrogens is 781 g/mol. The second-order valence-electron chi connectivity index (χ2n) is 18.5. The number of rotatable bonds is 50. The number of hydrogen-bond acceptors (Lipinski definition) is 6. The Labute approximate surface area is 391 Å². The van der Waals surface area contributed by atoms with Crippen LogP contribution >= 0.6 is 0 Å². The van der Waals surface area contributed by atoms with Crippen molar-refractivity contribution in [3.8, 4) is 0 Å². The molecule has 63 heavy (non-hydrogen) atoms. The zero-order chi connectivity index (χ0) is 45.8. The van der Waals surface area contributed by atoms with Crippen molar-refractivity contribution >= 4 is 17.9 Å². The third-order valence-corrected chi connectivity index (χ3v) is 12.2. The largest absolute Gasteiger partial charge is 0.462 e. The zero-order valence-corrected chi connectivity index (χ0v) is 42.1. The van der Waals surface area contributed by atoms with E-state index in [2.05, 4.69) is 57.2 Å². The van der Waals surface area contributed by atoms with Gasteiger partial charge in [0.15, 0.2) is 6.10 Å². The summed E-state index contributed by atoms with van der Waals surface area (Å²) in [5.74, 6) is -0.924. The first kappa shape index (κ1) is 60.6. The first-order valence-electron chi connectivity index (χ1n) is 27.5. The van der Waals surface area contributed by atoms with Crippen molar-refractivity contribution in [1.29, 1.82) is 0 Å². The minimum Gasteiger partial charge on any atom is -0.462 e. The molecule has 0 aromatic heterocycles. The molecule has 0 saturated heterocycles. The second kappa shape index (κ2) is 52.3. The highest BCUT2D eigenvalue weighted by atomic mass is 16.6. The number of allylic oxidation sites excluding steroid dienone is 6. The summed E-state index contributed by atoms with van der Waals surface area (Å²) in [6.45, 7) is 6.51. The Hall–Kier alpha value is -2.37. The van der Waals surface area contributed by atoms with E-state index in [1.807, 2.05) is 0 Å².